The van der Waals surface area contributed by atoms with E-state index in [-0.39, 0.29) is 12.4 Å². The van der Waals surface area contributed by atoms with Crippen LogP contribution < -0.4 is 5.73 Å². The molecule has 0 heterocycles. The summed E-state index contributed by atoms with van der Waals surface area (Å²) in [6.07, 6.45) is 8.60. The molecule has 106 valence electrons. The maximum absolute atomic E-state index is 11.2. The Kier molecular flexibility index (Phi) is 11.9. The Morgan fingerprint density at radius 2 is 1.72 bits per heavy atom. The number of nitrogens with two attached hydrogens (primary N) is 1. The van der Waals surface area contributed by atoms with Crippen molar-refractivity contribution in [3.63, 3.8) is 0 Å². The second kappa shape index (κ2) is 12.6. The molecule has 0 spiro atoms. The van der Waals surface area contributed by atoms with Gasteiger partial charge in [-0.05, 0) is 32.2 Å². The molecule has 0 aromatic rings. The third-order valence-electron chi connectivity index (χ3n) is 2.76. The van der Waals surface area contributed by atoms with Crippen LogP contribution >= 0.6 is 0 Å². The van der Waals surface area contributed by atoms with Crippen LogP contribution in [-0.4, -0.2) is 24.8 Å². The van der Waals surface area contributed by atoms with Gasteiger partial charge < -0.3 is 15.9 Å². The Bertz CT molecular complexity index is 230. The van der Waals surface area contributed by atoms with Crippen molar-refractivity contribution < 1.29 is 9.53 Å². The maximum atomic E-state index is 11.2. The molecule has 0 aromatic heterocycles. The van der Waals surface area contributed by atoms with Crippen LogP contribution in [0.4, 0.5) is 0 Å². The molecule has 0 rings (SSSR count). The Hall–Kier alpha value is -0.900. The van der Waals surface area contributed by atoms with E-state index in [0.717, 1.165) is 38.6 Å². The van der Waals surface area contributed by atoms with Gasteiger partial charge >= 0.3 is 5.97 Å². The molecular weight excluding hydrogens is 228 g/mol. The van der Waals surface area contributed by atoms with E-state index in [1.807, 2.05) is 6.92 Å². The molecule has 0 unspecified atom stereocenters. The second-order valence-electron chi connectivity index (χ2n) is 4.66. The minimum atomic E-state index is -0.259. The van der Waals surface area contributed by atoms with Crippen molar-refractivity contribution in [2.45, 2.75) is 64.7 Å². The topological polar surface area (TPSA) is 76.2 Å². The summed E-state index contributed by atoms with van der Waals surface area (Å²) < 4.78 is 4.94. The molecule has 4 nitrogen and oxygen atoms in total. The molecular formula is C14H28N2O2. The zero-order valence-corrected chi connectivity index (χ0v) is 11.7. The number of esters is 1. The molecule has 0 aliphatic rings. The van der Waals surface area contributed by atoms with Crippen LogP contribution in [-0.2, 0) is 9.53 Å². The number of nitrogens with one attached hydrogen (secondary N) is 1. The summed E-state index contributed by atoms with van der Waals surface area (Å²) >= 11 is 0. The van der Waals surface area contributed by atoms with Gasteiger partial charge in [0.15, 0.2) is 0 Å². The van der Waals surface area contributed by atoms with Crippen molar-refractivity contribution in [3.8, 4) is 0 Å². The van der Waals surface area contributed by atoms with Gasteiger partial charge in [0.1, 0.15) is 0 Å². The number of ether oxygens (including phenoxy) is 1. The van der Waals surface area contributed by atoms with Gasteiger partial charge in [-0.2, -0.15) is 0 Å². The number of carbonyl (C=O) groups is 1. The van der Waals surface area contributed by atoms with Crippen molar-refractivity contribution in [3.05, 3.63) is 0 Å². The molecule has 0 bridgehead atoms. The summed E-state index contributed by atoms with van der Waals surface area (Å²) in [6, 6.07) is 0. The summed E-state index contributed by atoms with van der Waals surface area (Å²) in [5.74, 6) is -0.259. The van der Waals surface area contributed by atoms with E-state index in [0.29, 0.717) is 12.3 Å². The van der Waals surface area contributed by atoms with Crippen molar-refractivity contribution >= 4 is 11.7 Å². The van der Waals surface area contributed by atoms with Gasteiger partial charge in [-0.25, -0.2) is 0 Å². The third kappa shape index (κ3) is 11.6. The third-order valence-corrected chi connectivity index (χ3v) is 2.76. The average Bonchev–Trinajstić information content (AvgIpc) is 2.35. The van der Waals surface area contributed by atoms with Crippen LogP contribution in [0.2, 0.25) is 0 Å². The van der Waals surface area contributed by atoms with E-state index in [2.05, 4.69) is 0 Å². The van der Waals surface area contributed by atoms with Gasteiger partial charge in [-0.1, -0.05) is 32.6 Å². The summed E-state index contributed by atoms with van der Waals surface area (Å²) in [4.78, 5) is 11.2. The molecule has 18 heavy (non-hydrogen) atoms. The van der Waals surface area contributed by atoms with Crippen LogP contribution in [0.1, 0.15) is 64.7 Å². The zero-order valence-electron chi connectivity index (χ0n) is 11.7. The maximum Gasteiger partial charge on any atom is 0.311 e. The van der Waals surface area contributed by atoms with Gasteiger partial charge in [0, 0.05) is 5.71 Å². The lowest BCUT2D eigenvalue weighted by atomic mass is 10.1. The highest BCUT2D eigenvalue weighted by Gasteiger charge is 2.06. The molecule has 0 aliphatic heterocycles. The molecule has 0 aliphatic carbocycles. The molecule has 0 amide bonds. The monoisotopic (exact) mass is 256 g/mol. The molecule has 3 N–H and O–H groups in total. The Morgan fingerprint density at radius 3 is 2.33 bits per heavy atom. The van der Waals surface area contributed by atoms with Gasteiger partial charge in [-0.3, -0.25) is 4.79 Å². The molecule has 0 atom stereocenters. The summed E-state index contributed by atoms with van der Waals surface area (Å²) in [6.45, 7) is 3.21. The lowest BCUT2D eigenvalue weighted by Gasteiger charge is -2.05. The largest absolute Gasteiger partial charge is 0.465 e. The first-order valence-electron chi connectivity index (χ1n) is 7.12. The SMILES string of the molecule is CCCOC(=O)CC(=N)CCCCCCCCN. The molecule has 0 aromatic carbocycles. The van der Waals surface area contributed by atoms with E-state index in [9.17, 15) is 4.79 Å². The van der Waals surface area contributed by atoms with E-state index >= 15 is 0 Å². The van der Waals surface area contributed by atoms with Crippen LogP contribution in [0.15, 0.2) is 0 Å². The first-order chi connectivity index (χ1) is 8.70. The first kappa shape index (κ1) is 17.1. The van der Waals surface area contributed by atoms with Crippen molar-refractivity contribution in [1.29, 1.82) is 5.41 Å². The van der Waals surface area contributed by atoms with E-state index in [1.165, 1.54) is 19.3 Å². The number of hydrogen-bond acceptors (Lipinski definition) is 4. The summed E-state index contributed by atoms with van der Waals surface area (Å²) in [5.41, 5.74) is 5.92. The molecule has 0 fully saturated rings. The van der Waals surface area contributed by atoms with E-state index < -0.39 is 0 Å². The van der Waals surface area contributed by atoms with Gasteiger partial charge in [0.2, 0.25) is 0 Å². The quantitative estimate of drug-likeness (QED) is 0.320. The second-order valence-corrected chi connectivity index (χ2v) is 4.66. The zero-order chi connectivity index (χ0) is 13.6. The first-order valence-corrected chi connectivity index (χ1v) is 7.12. The molecule has 0 radical (unpaired) electrons. The predicted molar refractivity (Wildman–Crippen MR) is 75.0 cm³/mol. The normalized spacial score (nSPS) is 10.3. The van der Waals surface area contributed by atoms with Crippen molar-refractivity contribution in [2.75, 3.05) is 13.2 Å². The van der Waals surface area contributed by atoms with Crippen molar-refractivity contribution in [1.82, 2.24) is 0 Å². The van der Waals surface area contributed by atoms with Crippen LogP contribution in [0.5, 0.6) is 0 Å². The Morgan fingerprint density at radius 1 is 1.11 bits per heavy atom. The van der Waals surface area contributed by atoms with Gasteiger partial charge in [0.25, 0.3) is 0 Å². The number of hydrogen-bond donors (Lipinski definition) is 2. The molecule has 4 heteroatoms. The standard InChI is InChI=1S/C14H28N2O2/c1-2-11-18-14(17)12-13(16)9-7-5-3-4-6-8-10-15/h16H,2-12,15H2,1H3. The predicted octanol–water partition coefficient (Wildman–Crippen LogP) is 3.04. The highest BCUT2D eigenvalue weighted by molar-refractivity contribution is 5.97. The van der Waals surface area contributed by atoms with Gasteiger partial charge in [0.05, 0.1) is 13.0 Å². The lowest BCUT2D eigenvalue weighted by Crippen LogP contribution is -2.11. The van der Waals surface area contributed by atoms with Gasteiger partial charge in [-0.15, -0.1) is 0 Å². The highest BCUT2D eigenvalue weighted by atomic mass is 16.5. The van der Waals surface area contributed by atoms with Crippen LogP contribution in [0, 0.1) is 5.41 Å². The van der Waals surface area contributed by atoms with Crippen LogP contribution in [0.3, 0.4) is 0 Å². The number of carbonyl (C=O) groups excluding carboxylic acids is 1. The Balaban J connectivity index is 3.34. The minimum Gasteiger partial charge on any atom is -0.465 e. The van der Waals surface area contributed by atoms with Crippen molar-refractivity contribution in [2.24, 2.45) is 5.73 Å². The van der Waals surface area contributed by atoms with Crippen LogP contribution in [0.25, 0.3) is 0 Å². The van der Waals surface area contributed by atoms with E-state index in [4.69, 9.17) is 15.9 Å². The number of rotatable bonds is 12. The summed E-state index contributed by atoms with van der Waals surface area (Å²) in [5, 5.41) is 7.68. The van der Waals surface area contributed by atoms with E-state index in [1.54, 1.807) is 0 Å². The fourth-order valence-corrected chi connectivity index (χ4v) is 1.72. The smallest absolute Gasteiger partial charge is 0.311 e. The average molecular weight is 256 g/mol. The summed E-state index contributed by atoms with van der Waals surface area (Å²) in [7, 11) is 0. The number of unbranched alkanes of at least 4 members (excludes halogenated alkanes) is 5. The molecule has 0 saturated heterocycles. The highest BCUT2D eigenvalue weighted by Crippen LogP contribution is 2.08. The molecule has 0 saturated carbocycles. The Labute approximate surface area is 111 Å². The minimum absolute atomic E-state index is 0.160. The fraction of sp³-hybridized carbons (Fsp3) is 0.857. The lowest BCUT2D eigenvalue weighted by molar-refractivity contribution is -0.142. The fourth-order valence-electron chi connectivity index (χ4n) is 1.72.